The first-order valence-electron chi connectivity index (χ1n) is 7.02. The zero-order chi connectivity index (χ0) is 16.0. The first-order chi connectivity index (χ1) is 9.71. The number of nitrogens with one attached hydrogen (secondary N) is 1. The van der Waals surface area contributed by atoms with Crippen molar-refractivity contribution in [1.82, 2.24) is 0 Å². The van der Waals surface area contributed by atoms with Crippen molar-refractivity contribution in [1.29, 1.82) is 0 Å². The summed E-state index contributed by atoms with van der Waals surface area (Å²) in [5, 5.41) is 2.64. The van der Waals surface area contributed by atoms with Crippen molar-refractivity contribution >= 4 is 17.7 Å². The van der Waals surface area contributed by atoms with E-state index in [0.717, 1.165) is 12.0 Å². The third-order valence-corrected chi connectivity index (χ3v) is 2.50. The molecule has 21 heavy (non-hydrogen) atoms. The Balaban J connectivity index is 2.70. The Morgan fingerprint density at radius 1 is 1.24 bits per heavy atom. The number of amides is 1. The summed E-state index contributed by atoms with van der Waals surface area (Å²) in [5.74, 6) is 0.247. The van der Waals surface area contributed by atoms with Gasteiger partial charge < -0.3 is 9.47 Å². The third kappa shape index (κ3) is 6.29. The second-order valence-electron chi connectivity index (χ2n) is 5.83. The maximum absolute atomic E-state index is 11.7. The van der Waals surface area contributed by atoms with E-state index in [9.17, 15) is 9.59 Å². The number of aryl methyl sites for hydroxylation is 1. The molecule has 1 amide bonds. The van der Waals surface area contributed by atoms with Gasteiger partial charge in [0.25, 0.3) is 0 Å². The second kappa shape index (κ2) is 7.11. The van der Waals surface area contributed by atoms with Crippen LogP contribution < -0.4 is 10.1 Å². The lowest BCUT2D eigenvalue weighted by molar-refractivity contribution is -0.134. The molecule has 5 heteroatoms. The molecule has 0 saturated carbocycles. The van der Waals surface area contributed by atoms with E-state index in [4.69, 9.17) is 9.47 Å². The highest BCUT2D eigenvalue weighted by molar-refractivity contribution is 5.85. The number of benzene rings is 1. The molecule has 0 fully saturated rings. The minimum absolute atomic E-state index is 0.256. The first-order valence-corrected chi connectivity index (χ1v) is 7.02. The fourth-order valence-electron chi connectivity index (χ4n) is 1.64. The van der Waals surface area contributed by atoms with E-state index in [-0.39, 0.29) is 5.97 Å². The Morgan fingerprint density at radius 3 is 2.43 bits per heavy atom. The van der Waals surface area contributed by atoms with Crippen LogP contribution in [0, 0.1) is 6.92 Å². The number of rotatable bonds is 4. The molecule has 0 aliphatic rings. The van der Waals surface area contributed by atoms with Crippen molar-refractivity contribution in [3.8, 4) is 5.75 Å². The van der Waals surface area contributed by atoms with Crippen molar-refractivity contribution in [2.45, 2.75) is 53.1 Å². The standard InChI is InChI=1S/C16H23NO4/c1-6-7-14(18)20-13-9-8-12(10-11(13)2)17-15(19)21-16(3,4)5/h8-10H,6-7H2,1-5H3,(H,17,19). The minimum atomic E-state index is -0.547. The fourth-order valence-corrected chi connectivity index (χ4v) is 1.64. The number of hydrogen-bond acceptors (Lipinski definition) is 4. The molecule has 0 aromatic heterocycles. The summed E-state index contributed by atoms with van der Waals surface area (Å²) in [7, 11) is 0. The van der Waals surface area contributed by atoms with Gasteiger partial charge in [-0.25, -0.2) is 4.79 Å². The Morgan fingerprint density at radius 2 is 1.90 bits per heavy atom. The number of hydrogen-bond donors (Lipinski definition) is 1. The van der Waals surface area contributed by atoms with Gasteiger partial charge in [-0.15, -0.1) is 0 Å². The van der Waals surface area contributed by atoms with E-state index in [1.54, 1.807) is 39.0 Å². The van der Waals surface area contributed by atoms with E-state index in [1.807, 2.05) is 13.8 Å². The maximum Gasteiger partial charge on any atom is 0.412 e. The molecule has 1 aromatic rings. The van der Waals surface area contributed by atoms with Gasteiger partial charge >= 0.3 is 12.1 Å². The van der Waals surface area contributed by atoms with E-state index in [1.165, 1.54) is 0 Å². The molecule has 5 nitrogen and oxygen atoms in total. The highest BCUT2D eigenvalue weighted by atomic mass is 16.6. The van der Waals surface area contributed by atoms with Gasteiger partial charge in [0.1, 0.15) is 11.4 Å². The van der Waals surface area contributed by atoms with Crippen LogP contribution in [0.2, 0.25) is 0 Å². The van der Waals surface area contributed by atoms with Gasteiger partial charge in [-0.2, -0.15) is 0 Å². The Kier molecular flexibility index (Phi) is 5.76. The van der Waals surface area contributed by atoms with Crippen LogP contribution in [0.1, 0.15) is 46.1 Å². The topological polar surface area (TPSA) is 64.6 Å². The second-order valence-corrected chi connectivity index (χ2v) is 5.83. The summed E-state index contributed by atoms with van der Waals surface area (Å²) in [5.41, 5.74) is 0.819. The molecule has 116 valence electrons. The number of ether oxygens (including phenoxy) is 2. The van der Waals surface area contributed by atoms with Crippen LogP contribution in [-0.4, -0.2) is 17.7 Å². The van der Waals surface area contributed by atoms with Crippen LogP contribution in [0.15, 0.2) is 18.2 Å². The normalized spacial score (nSPS) is 10.9. The predicted octanol–water partition coefficient (Wildman–Crippen LogP) is 4.05. The predicted molar refractivity (Wildman–Crippen MR) is 81.6 cm³/mol. The van der Waals surface area contributed by atoms with E-state index in [0.29, 0.717) is 17.9 Å². The summed E-state index contributed by atoms with van der Waals surface area (Å²) < 4.78 is 10.4. The molecule has 0 aliphatic carbocycles. The van der Waals surface area contributed by atoms with Gasteiger partial charge in [0.05, 0.1) is 0 Å². The molecule has 0 atom stereocenters. The van der Waals surface area contributed by atoms with Crippen molar-refractivity contribution in [3.63, 3.8) is 0 Å². The van der Waals surface area contributed by atoms with Crippen LogP contribution in [0.4, 0.5) is 10.5 Å². The summed E-state index contributed by atoms with van der Waals surface area (Å²) in [6.45, 7) is 9.13. The van der Waals surface area contributed by atoms with Crippen molar-refractivity contribution in [3.05, 3.63) is 23.8 Å². The minimum Gasteiger partial charge on any atom is -0.444 e. The largest absolute Gasteiger partial charge is 0.444 e. The average molecular weight is 293 g/mol. The number of carbonyl (C=O) groups excluding carboxylic acids is 2. The third-order valence-electron chi connectivity index (χ3n) is 2.50. The Labute approximate surface area is 125 Å². The van der Waals surface area contributed by atoms with Gasteiger partial charge in [-0.3, -0.25) is 10.1 Å². The van der Waals surface area contributed by atoms with Crippen LogP contribution in [-0.2, 0) is 9.53 Å². The molecular weight excluding hydrogens is 270 g/mol. The quantitative estimate of drug-likeness (QED) is 0.672. The van der Waals surface area contributed by atoms with Crippen molar-refractivity contribution < 1.29 is 19.1 Å². The van der Waals surface area contributed by atoms with Crippen LogP contribution in [0.5, 0.6) is 5.75 Å². The van der Waals surface area contributed by atoms with Crippen molar-refractivity contribution in [2.24, 2.45) is 0 Å². The van der Waals surface area contributed by atoms with Crippen LogP contribution in [0.25, 0.3) is 0 Å². The first kappa shape index (κ1) is 17.0. The molecule has 1 rings (SSSR count). The zero-order valence-corrected chi connectivity index (χ0v) is 13.3. The lowest BCUT2D eigenvalue weighted by Crippen LogP contribution is -2.27. The monoisotopic (exact) mass is 293 g/mol. The summed E-state index contributed by atoms with van der Waals surface area (Å²) >= 11 is 0. The molecule has 0 saturated heterocycles. The maximum atomic E-state index is 11.7. The zero-order valence-electron chi connectivity index (χ0n) is 13.3. The SMILES string of the molecule is CCCC(=O)Oc1ccc(NC(=O)OC(C)(C)C)cc1C. The molecule has 1 aromatic carbocycles. The molecule has 0 bridgehead atoms. The molecule has 0 heterocycles. The Hall–Kier alpha value is -2.04. The molecule has 1 N–H and O–H groups in total. The Bertz CT molecular complexity index is 517. The summed E-state index contributed by atoms with van der Waals surface area (Å²) in [6, 6.07) is 5.07. The lowest BCUT2D eigenvalue weighted by Gasteiger charge is -2.20. The van der Waals surface area contributed by atoms with Gasteiger partial charge in [0.2, 0.25) is 0 Å². The highest BCUT2D eigenvalue weighted by Gasteiger charge is 2.16. The number of carbonyl (C=O) groups is 2. The number of esters is 1. The summed E-state index contributed by atoms with van der Waals surface area (Å²) in [4.78, 5) is 23.1. The van der Waals surface area contributed by atoms with E-state index < -0.39 is 11.7 Å². The van der Waals surface area contributed by atoms with Crippen molar-refractivity contribution in [2.75, 3.05) is 5.32 Å². The number of anilines is 1. The van der Waals surface area contributed by atoms with Gasteiger partial charge in [0.15, 0.2) is 0 Å². The average Bonchev–Trinajstić information content (AvgIpc) is 2.30. The lowest BCUT2D eigenvalue weighted by atomic mass is 10.2. The van der Waals surface area contributed by atoms with Gasteiger partial charge in [-0.05, 0) is 57.9 Å². The van der Waals surface area contributed by atoms with E-state index in [2.05, 4.69) is 5.32 Å². The highest BCUT2D eigenvalue weighted by Crippen LogP contribution is 2.23. The van der Waals surface area contributed by atoms with Gasteiger partial charge in [-0.1, -0.05) is 6.92 Å². The van der Waals surface area contributed by atoms with Crippen LogP contribution >= 0.6 is 0 Å². The fraction of sp³-hybridized carbons (Fsp3) is 0.500. The summed E-state index contributed by atoms with van der Waals surface area (Å²) in [6.07, 6.45) is 0.616. The molecule has 0 aliphatic heterocycles. The van der Waals surface area contributed by atoms with Gasteiger partial charge in [0, 0.05) is 12.1 Å². The van der Waals surface area contributed by atoms with Crippen LogP contribution in [0.3, 0.4) is 0 Å². The van der Waals surface area contributed by atoms with E-state index >= 15 is 0 Å². The molecule has 0 unspecified atom stereocenters. The smallest absolute Gasteiger partial charge is 0.412 e. The molecular formula is C16H23NO4. The molecule has 0 radical (unpaired) electrons. The molecule has 0 spiro atoms.